The molecule has 0 aliphatic carbocycles. The molecule has 2 aromatic rings. The summed E-state index contributed by atoms with van der Waals surface area (Å²) in [7, 11) is 0. The first-order valence-electron chi connectivity index (χ1n) is 6.68. The number of hydrogen-bond acceptors (Lipinski definition) is 2. The van der Waals surface area contributed by atoms with Crippen molar-refractivity contribution in [2.75, 3.05) is 13.1 Å². The van der Waals surface area contributed by atoms with Crippen LogP contribution in [0.4, 0.5) is 4.39 Å². The smallest absolute Gasteiger partial charge is 0.141 e. The van der Waals surface area contributed by atoms with E-state index in [2.05, 4.69) is 34.1 Å². The Labute approximate surface area is 112 Å². The zero-order valence-electron chi connectivity index (χ0n) is 10.8. The Morgan fingerprint density at radius 3 is 2.84 bits per heavy atom. The van der Waals surface area contributed by atoms with Crippen molar-refractivity contribution in [1.82, 2.24) is 9.88 Å². The van der Waals surface area contributed by atoms with Gasteiger partial charge in [0.2, 0.25) is 0 Å². The maximum absolute atomic E-state index is 13.2. The van der Waals surface area contributed by atoms with Crippen LogP contribution in [0.5, 0.6) is 0 Å². The highest BCUT2D eigenvalue weighted by Crippen LogP contribution is 2.27. The molecule has 0 spiro atoms. The van der Waals surface area contributed by atoms with Crippen LogP contribution in [-0.4, -0.2) is 23.0 Å². The number of benzene rings is 1. The van der Waals surface area contributed by atoms with E-state index in [1.54, 1.807) is 12.3 Å². The van der Waals surface area contributed by atoms with E-state index in [9.17, 15) is 4.39 Å². The maximum atomic E-state index is 13.2. The number of pyridine rings is 1. The third-order valence-corrected chi connectivity index (χ3v) is 3.72. The van der Waals surface area contributed by atoms with Gasteiger partial charge in [-0.2, -0.15) is 0 Å². The molecule has 1 fully saturated rings. The van der Waals surface area contributed by atoms with Gasteiger partial charge in [0.05, 0.1) is 6.20 Å². The van der Waals surface area contributed by atoms with Gasteiger partial charge in [-0.3, -0.25) is 9.88 Å². The molecule has 1 aromatic heterocycles. The summed E-state index contributed by atoms with van der Waals surface area (Å²) in [6.45, 7) is 3.02. The average Bonchev–Trinajstić information content (AvgIpc) is 2.88. The quantitative estimate of drug-likeness (QED) is 0.838. The van der Waals surface area contributed by atoms with Gasteiger partial charge in [-0.1, -0.05) is 30.3 Å². The van der Waals surface area contributed by atoms with E-state index in [4.69, 9.17) is 0 Å². The molecule has 0 saturated carbocycles. The second-order valence-electron chi connectivity index (χ2n) is 5.14. The monoisotopic (exact) mass is 256 g/mol. The van der Waals surface area contributed by atoms with Gasteiger partial charge < -0.3 is 0 Å². The summed E-state index contributed by atoms with van der Waals surface area (Å²) in [4.78, 5) is 6.37. The van der Waals surface area contributed by atoms with E-state index in [-0.39, 0.29) is 5.82 Å². The summed E-state index contributed by atoms with van der Waals surface area (Å²) in [5.74, 6) is 0.172. The average molecular weight is 256 g/mol. The van der Waals surface area contributed by atoms with Crippen LogP contribution in [0.1, 0.15) is 23.5 Å². The predicted molar refractivity (Wildman–Crippen MR) is 73.3 cm³/mol. The summed E-state index contributed by atoms with van der Waals surface area (Å²) >= 11 is 0. The Balaban J connectivity index is 1.64. The van der Waals surface area contributed by atoms with Gasteiger partial charge in [0, 0.05) is 19.3 Å². The van der Waals surface area contributed by atoms with E-state index >= 15 is 0 Å². The van der Waals surface area contributed by atoms with Crippen molar-refractivity contribution in [2.24, 2.45) is 0 Å². The zero-order valence-corrected chi connectivity index (χ0v) is 10.8. The number of likely N-dealkylation sites (tertiary alicyclic amines) is 1. The Kier molecular flexibility index (Phi) is 3.56. The SMILES string of the molecule is Fc1cncc(C2CCN(Cc3ccccc3)C2)c1. The third kappa shape index (κ3) is 2.99. The predicted octanol–water partition coefficient (Wildman–Crippen LogP) is 3.21. The second-order valence-corrected chi connectivity index (χ2v) is 5.14. The number of aromatic nitrogens is 1. The standard InChI is InChI=1S/C16H17FN2/c17-16-8-15(9-18-10-16)14-6-7-19(12-14)11-13-4-2-1-3-5-13/h1-5,8-10,14H,6-7,11-12H2. The first-order valence-corrected chi connectivity index (χ1v) is 6.68. The lowest BCUT2D eigenvalue weighted by Gasteiger charge is -2.16. The first kappa shape index (κ1) is 12.3. The number of hydrogen-bond donors (Lipinski definition) is 0. The highest BCUT2D eigenvalue weighted by molar-refractivity contribution is 5.19. The summed E-state index contributed by atoms with van der Waals surface area (Å²) in [5.41, 5.74) is 2.36. The maximum Gasteiger partial charge on any atom is 0.141 e. The van der Waals surface area contributed by atoms with Crippen molar-refractivity contribution >= 4 is 0 Å². The second kappa shape index (κ2) is 5.49. The molecule has 98 valence electrons. The highest BCUT2D eigenvalue weighted by atomic mass is 19.1. The lowest BCUT2D eigenvalue weighted by molar-refractivity contribution is 0.327. The van der Waals surface area contributed by atoms with E-state index in [1.807, 2.05) is 6.07 Å². The molecular weight excluding hydrogens is 239 g/mol. The summed E-state index contributed by atoms with van der Waals surface area (Å²) in [5, 5.41) is 0. The van der Waals surface area contributed by atoms with Crippen molar-refractivity contribution < 1.29 is 4.39 Å². The Bertz CT molecular complexity index is 541. The van der Waals surface area contributed by atoms with Crippen molar-refractivity contribution in [1.29, 1.82) is 0 Å². The molecule has 0 N–H and O–H groups in total. The Hall–Kier alpha value is -1.74. The van der Waals surface area contributed by atoms with Crippen LogP contribution in [0.15, 0.2) is 48.8 Å². The molecule has 1 atom stereocenters. The van der Waals surface area contributed by atoms with Crippen molar-refractivity contribution in [3.8, 4) is 0 Å². The topological polar surface area (TPSA) is 16.1 Å². The molecule has 1 unspecified atom stereocenters. The zero-order chi connectivity index (χ0) is 13.1. The van der Waals surface area contributed by atoms with Crippen LogP contribution in [-0.2, 0) is 6.54 Å². The van der Waals surface area contributed by atoms with Gasteiger partial charge in [-0.05, 0) is 36.1 Å². The van der Waals surface area contributed by atoms with Gasteiger partial charge in [-0.15, -0.1) is 0 Å². The Morgan fingerprint density at radius 2 is 2.05 bits per heavy atom. The molecule has 19 heavy (non-hydrogen) atoms. The normalized spacial score (nSPS) is 19.7. The van der Waals surface area contributed by atoms with Crippen molar-refractivity contribution in [3.05, 3.63) is 65.7 Å². The van der Waals surface area contributed by atoms with Crippen LogP contribution in [0.25, 0.3) is 0 Å². The van der Waals surface area contributed by atoms with Crippen LogP contribution in [0.2, 0.25) is 0 Å². The molecule has 3 heteroatoms. The molecule has 1 aromatic carbocycles. The largest absolute Gasteiger partial charge is 0.298 e. The highest BCUT2D eigenvalue weighted by Gasteiger charge is 2.24. The molecule has 2 heterocycles. The van der Waals surface area contributed by atoms with E-state index in [0.717, 1.165) is 31.6 Å². The van der Waals surface area contributed by atoms with Crippen LogP contribution < -0.4 is 0 Å². The molecule has 1 saturated heterocycles. The molecular formula is C16H17FN2. The fraction of sp³-hybridized carbons (Fsp3) is 0.312. The lowest BCUT2D eigenvalue weighted by Crippen LogP contribution is -2.19. The number of halogens is 1. The van der Waals surface area contributed by atoms with Gasteiger partial charge in [0.1, 0.15) is 5.82 Å². The van der Waals surface area contributed by atoms with Crippen LogP contribution in [0.3, 0.4) is 0 Å². The van der Waals surface area contributed by atoms with E-state index in [0.29, 0.717) is 5.92 Å². The van der Waals surface area contributed by atoms with Crippen molar-refractivity contribution in [3.63, 3.8) is 0 Å². The minimum absolute atomic E-state index is 0.237. The minimum atomic E-state index is -0.237. The summed E-state index contributed by atoms with van der Waals surface area (Å²) in [6.07, 6.45) is 4.14. The molecule has 2 nitrogen and oxygen atoms in total. The van der Waals surface area contributed by atoms with E-state index < -0.39 is 0 Å². The molecule has 1 aliphatic rings. The fourth-order valence-electron chi connectivity index (χ4n) is 2.74. The number of nitrogens with zero attached hydrogens (tertiary/aromatic N) is 2. The molecule has 3 rings (SSSR count). The van der Waals surface area contributed by atoms with Crippen LogP contribution >= 0.6 is 0 Å². The first-order chi connectivity index (χ1) is 9.31. The summed E-state index contributed by atoms with van der Waals surface area (Å²) < 4.78 is 13.2. The van der Waals surface area contributed by atoms with E-state index in [1.165, 1.54) is 11.8 Å². The molecule has 0 bridgehead atoms. The molecule has 1 aliphatic heterocycles. The molecule has 0 radical (unpaired) electrons. The van der Waals surface area contributed by atoms with Gasteiger partial charge in [0.15, 0.2) is 0 Å². The number of rotatable bonds is 3. The van der Waals surface area contributed by atoms with Gasteiger partial charge >= 0.3 is 0 Å². The van der Waals surface area contributed by atoms with Gasteiger partial charge in [0.25, 0.3) is 0 Å². The minimum Gasteiger partial charge on any atom is -0.298 e. The third-order valence-electron chi connectivity index (χ3n) is 3.72. The fourth-order valence-corrected chi connectivity index (χ4v) is 2.74. The molecule has 0 amide bonds. The lowest BCUT2D eigenvalue weighted by atomic mass is 10.0. The summed E-state index contributed by atoms with van der Waals surface area (Å²) in [6, 6.07) is 12.1. The Morgan fingerprint density at radius 1 is 1.21 bits per heavy atom. The van der Waals surface area contributed by atoms with Gasteiger partial charge in [-0.25, -0.2) is 4.39 Å². The van der Waals surface area contributed by atoms with Crippen LogP contribution in [0, 0.1) is 5.82 Å². The van der Waals surface area contributed by atoms with Crippen molar-refractivity contribution in [2.45, 2.75) is 18.9 Å².